The number of morpholine rings is 1. The fourth-order valence-electron chi connectivity index (χ4n) is 2.82. The van der Waals surface area contributed by atoms with Crippen molar-refractivity contribution in [3.63, 3.8) is 0 Å². The van der Waals surface area contributed by atoms with Crippen LogP contribution >= 0.6 is 27.7 Å². The minimum Gasteiger partial charge on any atom is -0.378 e. The average molecular weight is 449 g/mol. The smallest absolute Gasteiger partial charge is 0.256 e. The topological polar surface area (TPSA) is 58.6 Å². The van der Waals surface area contributed by atoms with Crippen LogP contribution in [0.4, 0.5) is 5.69 Å². The number of carbonyl (C=O) groups excluding carboxylic acids is 2. The molecule has 7 heteroatoms. The second-order valence-corrected chi connectivity index (χ2v) is 8.13. The maximum atomic E-state index is 12.8. The zero-order chi connectivity index (χ0) is 19.2. The highest BCUT2D eigenvalue weighted by Crippen LogP contribution is 2.26. The number of hydrogen-bond acceptors (Lipinski definition) is 4. The number of para-hydroxylation sites is 1. The molecule has 0 bridgehead atoms. The van der Waals surface area contributed by atoms with E-state index in [1.54, 1.807) is 17.0 Å². The molecule has 1 aliphatic rings. The van der Waals surface area contributed by atoms with E-state index in [1.165, 1.54) is 11.8 Å². The molecule has 2 amide bonds. The first-order valence-electron chi connectivity index (χ1n) is 8.69. The van der Waals surface area contributed by atoms with Gasteiger partial charge in [-0.2, -0.15) is 0 Å². The first-order chi connectivity index (χ1) is 13.0. The normalized spacial score (nSPS) is 14.1. The summed E-state index contributed by atoms with van der Waals surface area (Å²) >= 11 is 4.92. The molecule has 0 atom stereocenters. The molecule has 2 aromatic rings. The molecule has 5 nitrogen and oxygen atoms in total. The van der Waals surface area contributed by atoms with E-state index in [-0.39, 0.29) is 17.6 Å². The van der Waals surface area contributed by atoms with Gasteiger partial charge in [0, 0.05) is 22.5 Å². The molecule has 142 valence electrons. The van der Waals surface area contributed by atoms with Crippen molar-refractivity contribution in [2.24, 2.45) is 0 Å². The van der Waals surface area contributed by atoms with Crippen LogP contribution in [0.3, 0.4) is 0 Å². The number of halogens is 1. The number of anilines is 1. The van der Waals surface area contributed by atoms with Gasteiger partial charge in [0.25, 0.3) is 5.91 Å². The third kappa shape index (κ3) is 5.34. The number of ether oxygens (including phenoxy) is 1. The number of carbonyl (C=O) groups is 2. The van der Waals surface area contributed by atoms with E-state index in [9.17, 15) is 9.59 Å². The molecule has 2 aromatic carbocycles. The first kappa shape index (κ1) is 19.9. The van der Waals surface area contributed by atoms with Crippen molar-refractivity contribution >= 4 is 45.2 Å². The van der Waals surface area contributed by atoms with E-state index in [2.05, 4.69) is 21.2 Å². The lowest BCUT2D eigenvalue weighted by molar-refractivity contribution is -0.113. The predicted octanol–water partition coefficient (Wildman–Crippen LogP) is 3.96. The summed E-state index contributed by atoms with van der Waals surface area (Å²) in [6.07, 6.45) is 0. The van der Waals surface area contributed by atoms with Crippen molar-refractivity contribution in [2.75, 3.05) is 37.4 Å². The van der Waals surface area contributed by atoms with E-state index in [4.69, 9.17) is 4.74 Å². The average Bonchev–Trinajstić information content (AvgIpc) is 2.68. The van der Waals surface area contributed by atoms with Gasteiger partial charge in [-0.25, -0.2) is 0 Å². The Bertz CT molecular complexity index is 838. The third-order valence-electron chi connectivity index (χ3n) is 4.23. The fourth-order valence-corrected chi connectivity index (χ4v) is 4.10. The molecule has 0 spiro atoms. The molecule has 0 unspecified atom stereocenters. The SMILES string of the molecule is Cc1cc(Br)ccc1SCC(=O)Nc1ccccc1C(=O)N1CCOCC1. The Labute approximate surface area is 171 Å². The zero-order valence-electron chi connectivity index (χ0n) is 15.0. The Morgan fingerprint density at radius 3 is 2.67 bits per heavy atom. The Balaban J connectivity index is 1.64. The lowest BCUT2D eigenvalue weighted by atomic mass is 10.1. The van der Waals surface area contributed by atoms with Gasteiger partial charge in [-0.15, -0.1) is 11.8 Å². The summed E-state index contributed by atoms with van der Waals surface area (Å²) < 4.78 is 6.32. The Hall–Kier alpha value is -1.83. The minimum absolute atomic E-state index is 0.0781. The van der Waals surface area contributed by atoms with Gasteiger partial charge >= 0.3 is 0 Å². The van der Waals surface area contributed by atoms with E-state index in [1.807, 2.05) is 37.3 Å². The predicted molar refractivity (Wildman–Crippen MR) is 111 cm³/mol. The van der Waals surface area contributed by atoms with Crippen molar-refractivity contribution in [2.45, 2.75) is 11.8 Å². The maximum absolute atomic E-state index is 12.8. The Morgan fingerprint density at radius 1 is 1.19 bits per heavy atom. The van der Waals surface area contributed by atoms with E-state index >= 15 is 0 Å². The van der Waals surface area contributed by atoms with Gasteiger partial charge < -0.3 is 15.0 Å². The van der Waals surface area contributed by atoms with Crippen molar-refractivity contribution in [3.05, 3.63) is 58.1 Å². The summed E-state index contributed by atoms with van der Waals surface area (Å²) in [7, 11) is 0. The van der Waals surface area contributed by atoms with Gasteiger partial charge in [0.2, 0.25) is 5.91 Å². The molecule has 1 N–H and O–H groups in total. The number of hydrogen-bond donors (Lipinski definition) is 1. The molecule has 1 heterocycles. The van der Waals surface area contributed by atoms with Crippen LogP contribution in [-0.2, 0) is 9.53 Å². The van der Waals surface area contributed by atoms with Gasteiger partial charge in [0.15, 0.2) is 0 Å². The summed E-state index contributed by atoms with van der Waals surface area (Å²) in [5.74, 6) is 0.0675. The molecule has 1 aliphatic heterocycles. The molecule has 3 rings (SSSR count). The van der Waals surface area contributed by atoms with Crippen LogP contribution in [0.15, 0.2) is 51.8 Å². The van der Waals surface area contributed by atoms with Crippen molar-refractivity contribution in [1.82, 2.24) is 4.90 Å². The fraction of sp³-hybridized carbons (Fsp3) is 0.300. The van der Waals surface area contributed by atoms with Crippen molar-refractivity contribution < 1.29 is 14.3 Å². The summed E-state index contributed by atoms with van der Waals surface area (Å²) in [6.45, 7) is 4.24. The van der Waals surface area contributed by atoms with E-state index < -0.39 is 0 Å². The molecule has 0 radical (unpaired) electrons. The summed E-state index contributed by atoms with van der Waals surface area (Å²) in [6, 6.07) is 13.1. The van der Waals surface area contributed by atoms with Crippen LogP contribution < -0.4 is 5.32 Å². The number of aryl methyl sites for hydroxylation is 1. The van der Waals surface area contributed by atoms with Gasteiger partial charge in [-0.1, -0.05) is 28.1 Å². The lowest BCUT2D eigenvalue weighted by Crippen LogP contribution is -2.41. The van der Waals surface area contributed by atoms with Crippen LogP contribution in [0, 0.1) is 6.92 Å². The standard InChI is InChI=1S/C20H21BrN2O3S/c1-14-12-15(21)6-7-18(14)27-13-19(24)22-17-5-3-2-4-16(17)20(25)23-8-10-26-11-9-23/h2-7,12H,8-11,13H2,1H3,(H,22,24). The second-order valence-electron chi connectivity index (χ2n) is 6.20. The number of nitrogens with zero attached hydrogens (tertiary/aromatic N) is 1. The summed E-state index contributed by atoms with van der Waals surface area (Å²) in [5, 5.41) is 2.88. The highest BCUT2D eigenvalue weighted by Gasteiger charge is 2.21. The number of nitrogens with one attached hydrogen (secondary N) is 1. The Morgan fingerprint density at radius 2 is 1.93 bits per heavy atom. The number of rotatable bonds is 5. The maximum Gasteiger partial charge on any atom is 0.256 e. The van der Waals surface area contributed by atoms with Crippen LogP contribution in [0.25, 0.3) is 0 Å². The summed E-state index contributed by atoms with van der Waals surface area (Å²) in [4.78, 5) is 28.0. The number of amides is 2. The van der Waals surface area contributed by atoms with E-state index in [0.29, 0.717) is 37.6 Å². The van der Waals surface area contributed by atoms with Crippen LogP contribution in [0.5, 0.6) is 0 Å². The largest absolute Gasteiger partial charge is 0.378 e. The monoisotopic (exact) mass is 448 g/mol. The number of thioether (sulfide) groups is 1. The van der Waals surface area contributed by atoms with Crippen LogP contribution in [0.1, 0.15) is 15.9 Å². The highest BCUT2D eigenvalue weighted by atomic mass is 79.9. The molecular formula is C20H21BrN2O3S. The molecule has 0 saturated carbocycles. The quantitative estimate of drug-likeness (QED) is 0.703. The molecule has 0 aliphatic carbocycles. The molecule has 27 heavy (non-hydrogen) atoms. The van der Waals surface area contributed by atoms with Gasteiger partial charge in [0.1, 0.15) is 0 Å². The molecular weight excluding hydrogens is 428 g/mol. The van der Waals surface area contributed by atoms with Gasteiger partial charge in [-0.3, -0.25) is 9.59 Å². The highest BCUT2D eigenvalue weighted by molar-refractivity contribution is 9.10. The van der Waals surface area contributed by atoms with Crippen molar-refractivity contribution in [3.8, 4) is 0 Å². The van der Waals surface area contributed by atoms with E-state index in [0.717, 1.165) is 14.9 Å². The van der Waals surface area contributed by atoms with Crippen LogP contribution in [0.2, 0.25) is 0 Å². The second kappa shape index (κ2) is 9.39. The van der Waals surface area contributed by atoms with Crippen LogP contribution in [-0.4, -0.2) is 48.8 Å². The van der Waals surface area contributed by atoms with Gasteiger partial charge in [-0.05, 0) is 42.8 Å². The molecule has 1 fully saturated rings. The first-order valence-corrected chi connectivity index (χ1v) is 10.5. The lowest BCUT2D eigenvalue weighted by Gasteiger charge is -2.27. The van der Waals surface area contributed by atoms with Crippen molar-refractivity contribution in [1.29, 1.82) is 0 Å². The third-order valence-corrected chi connectivity index (χ3v) is 5.89. The molecule has 1 saturated heterocycles. The number of benzene rings is 2. The molecule has 0 aromatic heterocycles. The summed E-state index contributed by atoms with van der Waals surface area (Å²) in [5.41, 5.74) is 2.18. The zero-order valence-corrected chi connectivity index (χ0v) is 17.4. The van der Waals surface area contributed by atoms with Gasteiger partial charge in [0.05, 0.1) is 30.2 Å². The minimum atomic E-state index is -0.135. The Kier molecular flexibility index (Phi) is 6.93.